The van der Waals surface area contributed by atoms with Gasteiger partial charge in [-0.15, -0.1) is 0 Å². The molecule has 2 unspecified atom stereocenters. The molecule has 2 atom stereocenters. The summed E-state index contributed by atoms with van der Waals surface area (Å²) in [5.41, 5.74) is 1.06. The highest BCUT2D eigenvalue weighted by atomic mass is 32.2. The maximum atomic E-state index is 14.1. The summed E-state index contributed by atoms with van der Waals surface area (Å²) in [6.07, 6.45) is 5.34. The van der Waals surface area contributed by atoms with E-state index in [9.17, 15) is 17.9 Å². The summed E-state index contributed by atoms with van der Waals surface area (Å²) >= 11 is 1.53. The lowest BCUT2D eigenvalue weighted by atomic mass is 10.0. The molecule has 2 aromatic carbocycles. The molecule has 1 aliphatic heterocycles. The van der Waals surface area contributed by atoms with E-state index in [-0.39, 0.29) is 6.42 Å². The number of rotatable bonds is 7. The molecule has 4 aromatic rings. The molecule has 0 amide bonds. The van der Waals surface area contributed by atoms with Crippen LogP contribution in [0.3, 0.4) is 0 Å². The largest absolute Gasteiger partial charge is 0.388 e. The highest BCUT2D eigenvalue weighted by molar-refractivity contribution is 7.91. The van der Waals surface area contributed by atoms with Crippen molar-refractivity contribution in [3.05, 3.63) is 84.3 Å². The van der Waals surface area contributed by atoms with Gasteiger partial charge >= 0.3 is 0 Å². The fraction of sp³-hybridized carbons (Fsp3) is 0.345. The monoisotopic (exact) mass is 566 g/mol. The van der Waals surface area contributed by atoms with Crippen LogP contribution in [0.2, 0.25) is 0 Å². The number of benzene rings is 2. The number of anilines is 1. The van der Waals surface area contributed by atoms with Crippen molar-refractivity contribution < 1.29 is 17.9 Å². The van der Waals surface area contributed by atoms with Crippen molar-refractivity contribution in [1.29, 1.82) is 0 Å². The number of aliphatic hydroxyl groups excluding tert-OH is 1. The van der Waals surface area contributed by atoms with E-state index in [1.54, 1.807) is 18.2 Å². The second kappa shape index (κ2) is 10.2. The molecule has 7 nitrogen and oxygen atoms in total. The third-order valence-corrected chi connectivity index (χ3v) is 11.0. The summed E-state index contributed by atoms with van der Waals surface area (Å²) in [4.78, 5) is 4.65. The number of para-hydroxylation sites is 1. The van der Waals surface area contributed by atoms with Gasteiger partial charge in [-0.25, -0.2) is 16.8 Å². The molecule has 204 valence electrons. The van der Waals surface area contributed by atoms with Gasteiger partial charge in [0.15, 0.2) is 0 Å². The maximum Gasteiger partial charge on any atom is 0.248 e. The number of hydrogen-bond acceptors (Lipinski definition) is 7. The van der Waals surface area contributed by atoms with E-state index >= 15 is 0 Å². The summed E-state index contributed by atoms with van der Waals surface area (Å²) in [6.45, 7) is 5.66. The minimum absolute atomic E-state index is 0.176. The zero-order valence-corrected chi connectivity index (χ0v) is 23.3. The number of aliphatic hydroxyl groups is 1. The van der Waals surface area contributed by atoms with E-state index in [1.807, 2.05) is 24.3 Å². The van der Waals surface area contributed by atoms with Crippen molar-refractivity contribution in [1.82, 2.24) is 13.2 Å². The Labute approximate surface area is 231 Å². The van der Waals surface area contributed by atoms with Crippen molar-refractivity contribution in [3.63, 3.8) is 0 Å². The summed E-state index contributed by atoms with van der Waals surface area (Å²) in [7, 11) is -4.00. The van der Waals surface area contributed by atoms with E-state index in [0.29, 0.717) is 29.4 Å². The van der Waals surface area contributed by atoms with Crippen molar-refractivity contribution >= 4 is 48.4 Å². The van der Waals surface area contributed by atoms with E-state index in [1.165, 1.54) is 50.9 Å². The lowest BCUT2D eigenvalue weighted by molar-refractivity contribution is 0.140. The van der Waals surface area contributed by atoms with Gasteiger partial charge in [-0.1, -0.05) is 36.4 Å². The van der Waals surface area contributed by atoms with E-state index in [4.69, 9.17) is 0 Å². The van der Waals surface area contributed by atoms with Crippen molar-refractivity contribution in [2.24, 2.45) is 0 Å². The van der Waals surface area contributed by atoms with Gasteiger partial charge in [0.1, 0.15) is 16.4 Å². The molecule has 39 heavy (non-hydrogen) atoms. The van der Waals surface area contributed by atoms with E-state index in [0.717, 1.165) is 32.0 Å². The topological polar surface area (TPSA) is 78.7 Å². The zero-order valence-electron chi connectivity index (χ0n) is 21.7. The molecule has 1 N–H and O–H groups in total. The molecule has 1 aliphatic carbocycles. The highest BCUT2D eigenvalue weighted by Gasteiger charge is 2.40. The van der Waals surface area contributed by atoms with Crippen LogP contribution in [-0.2, 0) is 10.0 Å². The molecule has 0 radical (unpaired) electrons. The normalized spacial score (nSPS) is 21.5. The van der Waals surface area contributed by atoms with Gasteiger partial charge in [0, 0.05) is 55.3 Å². The molecule has 6 rings (SSSR count). The molecule has 1 saturated heterocycles. The van der Waals surface area contributed by atoms with Crippen LogP contribution in [0.1, 0.15) is 31.4 Å². The Balaban J connectivity index is 1.16. The second-order valence-corrected chi connectivity index (χ2v) is 13.6. The molecule has 0 saturated carbocycles. The van der Waals surface area contributed by atoms with Gasteiger partial charge in [-0.05, 0) is 61.6 Å². The number of hydrogen-bond donors (Lipinski definition) is 1. The van der Waals surface area contributed by atoms with Crippen LogP contribution in [0, 0.1) is 0 Å². The predicted molar refractivity (Wildman–Crippen MR) is 155 cm³/mol. The van der Waals surface area contributed by atoms with Gasteiger partial charge in [0.25, 0.3) is 0 Å². The van der Waals surface area contributed by atoms with E-state index in [2.05, 4.69) is 26.3 Å². The fourth-order valence-electron chi connectivity index (χ4n) is 5.59. The number of allylic oxidation sites excluding steroid dienone is 3. The Morgan fingerprint density at radius 3 is 2.56 bits per heavy atom. The van der Waals surface area contributed by atoms with Crippen molar-refractivity contribution in [3.8, 4) is 0 Å². The summed E-state index contributed by atoms with van der Waals surface area (Å²) in [5, 5.41) is 13.1. The van der Waals surface area contributed by atoms with Gasteiger partial charge in [0.2, 0.25) is 10.0 Å². The Kier molecular flexibility index (Phi) is 6.83. The van der Waals surface area contributed by atoms with Crippen LogP contribution < -0.4 is 4.90 Å². The van der Waals surface area contributed by atoms with Gasteiger partial charge in [-0.2, -0.15) is 4.37 Å². The smallest absolute Gasteiger partial charge is 0.248 e. The lowest BCUT2D eigenvalue weighted by Crippen LogP contribution is -2.47. The molecule has 0 spiro atoms. The van der Waals surface area contributed by atoms with Gasteiger partial charge < -0.3 is 10.0 Å². The Morgan fingerprint density at radius 1 is 1.08 bits per heavy atom. The van der Waals surface area contributed by atoms with Crippen LogP contribution >= 0.6 is 11.5 Å². The molecule has 0 bridgehead atoms. The first-order valence-corrected chi connectivity index (χ1v) is 15.4. The zero-order chi connectivity index (χ0) is 27.2. The molecule has 2 aromatic heterocycles. The summed E-state index contributed by atoms with van der Waals surface area (Å²) in [5.74, 6) is 0.480. The maximum absolute atomic E-state index is 14.1. The van der Waals surface area contributed by atoms with E-state index < -0.39 is 26.7 Å². The first kappa shape index (κ1) is 26.2. The summed E-state index contributed by atoms with van der Waals surface area (Å²) in [6, 6.07) is 15.5. The number of nitrogens with zero attached hydrogens (tertiary/aromatic N) is 4. The Bertz CT molecular complexity index is 1680. The molecule has 2 aliphatic rings. The van der Waals surface area contributed by atoms with Crippen molar-refractivity contribution in [2.75, 3.05) is 37.6 Å². The molecular weight excluding hydrogens is 535 g/mol. The van der Waals surface area contributed by atoms with Crippen LogP contribution in [0.4, 0.5) is 10.2 Å². The quantitative estimate of drug-likeness (QED) is 0.329. The molecule has 3 heterocycles. The Morgan fingerprint density at radius 2 is 1.79 bits per heavy atom. The first-order chi connectivity index (χ1) is 18.8. The number of piperazine rings is 1. The van der Waals surface area contributed by atoms with Crippen LogP contribution in [0.25, 0.3) is 21.0 Å². The molecule has 1 fully saturated rings. The molecular formula is C29H31FN4O3S2. The SMILES string of the molecule is CC1(S(=O)(=O)n2cc(C(O)CCN3CCN(c4nsc5ccccc45)CC3)c3ccccc32)C=C(F)C=CC1. The highest BCUT2D eigenvalue weighted by Crippen LogP contribution is 2.36. The fourth-order valence-corrected chi connectivity index (χ4v) is 8.08. The van der Waals surface area contributed by atoms with Crippen molar-refractivity contribution in [2.45, 2.75) is 30.6 Å². The number of aromatic nitrogens is 2. The minimum Gasteiger partial charge on any atom is -0.388 e. The second-order valence-electron chi connectivity index (χ2n) is 10.5. The number of fused-ring (bicyclic) bond motifs is 2. The van der Waals surface area contributed by atoms with Gasteiger partial charge in [0.05, 0.1) is 16.3 Å². The van der Waals surface area contributed by atoms with Crippen LogP contribution in [-0.4, -0.2) is 64.2 Å². The third-order valence-electron chi connectivity index (χ3n) is 7.91. The average Bonchev–Trinajstić information content (AvgIpc) is 3.54. The average molecular weight is 567 g/mol. The number of halogens is 1. The summed E-state index contributed by atoms with van der Waals surface area (Å²) < 4.78 is 47.2. The lowest BCUT2D eigenvalue weighted by Gasteiger charge is -2.35. The van der Waals surface area contributed by atoms with Crippen LogP contribution in [0.15, 0.2) is 78.8 Å². The third kappa shape index (κ3) is 4.69. The Hall–Kier alpha value is -3.05. The molecule has 10 heteroatoms. The van der Waals surface area contributed by atoms with Crippen LogP contribution in [0.5, 0.6) is 0 Å². The minimum atomic E-state index is -4.00. The van der Waals surface area contributed by atoms with Gasteiger partial charge in [-0.3, -0.25) is 4.90 Å². The predicted octanol–water partition coefficient (Wildman–Crippen LogP) is 5.25. The first-order valence-electron chi connectivity index (χ1n) is 13.2. The standard InChI is InChI=1S/C29H31FN4O3S2/c1-29(13-6-7-21(30)19-29)39(36,37)34-20-24(22-8-2-4-10-25(22)34)26(35)12-14-32-15-17-33(18-16-32)28-23-9-3-5-11-27(23)38-31-28/h2-11,19-20,26,35H,12-18H2,1H3.